The van der Waals surface area contributed by atoms with Crippen LogP contribution in [0.4, 0.5) is 0 Å². The second-order valence-corrected chi connectivity index (χ2v) is 9.89. The summed E-state index contributed by atoms with van der Waals surface area (Å²) in [6.07, 6.45) is 16.4. The van der Waals surface area contributed by atoms with Crippen LogP contribution in [0.2, 0.25) is 0 Å². The van der Waals surface area contributed by atoms with Gasteiger partial charge >= 0.3 is 0 Å². The quantitative estimate of drug-likeness (QED) is 0.436. The number of hydrogen-bond acceptors (Lipinski definition) is 4. The molecule has 2 aliphatic carbocycles. The first-order valence-electron chi connectivity index (χ1n) is 12.1. The van der Waals surface area contributed by atoms with Crippen LogP contribution in [0.15, 0.2) is 23.9 Å². The fourth-order valence-corrected chi connectivity index (χ4v) is 6.04. The molecule has 2 saturated carbocycles. The molecule has 0 N–H and O–H groups in total. The van der Waals surface area contributed by atoms with Crippen LogP contribution in [-0.2, 0) is 0 Å². The van der Waals surface area contributed by atoms with Crippen LogP contribution in [-0.4, -0.2) is 81.2 Å². The molecule has 5 nitrogen and oxygen atoms in total. The van der Waals surface area contributed by atoms with Crippen LogP contribution in [0, 0.1) is 34.2 Å². The van der Waals surface area contributed by atoms with Crippen molar-refractivity contribution in [2.24, 2.45) is 0 Å². The summed E-state index contributed by atoms with van der Waals surface area (Å²) in [5.41, 5.74) is 1.20. The van der Waals surface area contributed by atoms with Crippen molar-refractivity contribution in [1.82, 2.24) is 19.6 Å². The van der Waals surface area contributed by atoms with Gasteiger partial charge < -0.3 is 19.6 Å². The summed E-state index contributed by atoms with van der Waals surface area (Å²) in [5.74, 6) is 0. The topological polar surface area (TPSA) is 16.0 Å². The Hall–Kier alpha value is -1.14. The zero-order valence-corrected chi connectivity index (χ0v) is 19.3. The van der Waals surface area contributed by atoms with Crippen LogP contribution in [0.25, 0.3) is 0 Å². The summed E-state index contributed by atoms with van der Waals surface area (Å²) >= 11 is 0. The van der Waals surface area contributed by atoms with E-state index in [4.69, 9.17) is 0 Å². The lowest BCUT2D eigenvalue weighted by Crippen LogP contribution is -2.53. The largest absolute Gasteiger partial charge is 0.454 e. The van der Waals surface area contributed by atoms with Crippen molar-refractivity contribution in [2.45, 2.75) is 75.5 Å². The Morgan fingerprint density at radius 3 is 1.81 bits per heavy atom. The number of fused-ring (bicyclic) bond motifs is 4. The minimum atomic E-state index is 0.421. The van der Waals surface area contributed by atoms with Crippen molar-refractivity contribution in [3.05, 3.63) is 58.2 Å². The van der Waals surface area contributed by atoms with Gasteiger partial charge in [-0.15, -0.1) is 6.08 Å². The van der Waals surface area contributed by atoms with Gasteiger partial charge in [-0.25, -0.2) is 0 Å². The molecule has 0 aromatic heterocycles. The first-order chi connectivity index (χ1) is 15.0. The molecule has 0 spiro atoms. The lowest BCUT2D eigenvalue weighted by atomic mass is 9.87. The highest BCUT2D eigenvalue weighted by Gasteiger charge is 2.31. The molecule has 1 saturated heterocycles. The molecule has 2 aliphatic heterocycles. The molecule has 174 valence electrons. The van der Waals surface area contributed by atoms with Crippen LogP contribution in [0.5, 0.6) is 0 Å². The molecule has 4 atom stereocenters. The van der Waals surface area contributed by atoms with Gasteiger partial charge in [-0.05, 0) is 62.9 Å². The summed E-state index contributed by atoms with van der Waals surface area (Å²) < 4.78 is 2.11. The van der Waals surface area contributed by atoms with E-state index in [1.165, 1.54) is 63.1 Å². The second kappa shape index (κ2) is 10.2. The van der Waals surface area contributed by atoms with Gasteiger partial charge in [-0.1, -0.05) is 37.8 Å². The molecule has 5 heteroatoms. The first kappa shape index (κ1) is 23.0. The highest BCUT2D eigenvalue weighted by atomic mass is 15.3. The van der Waals surface area contributed by atoms with Crippen molar-refractivity contribution < 1.29 is 4.58 Å². The molecular weight excluding hydrogens is 382 g/mol. The van der Waals surface area contributed by atoms with Gasteiger partial charge in [0.1, 0.15) is 11.7 Å². The van der Waals surface area contributed by atoms with Gasteiger partial charge in [0, 0.05) is 13.1 Å². The first-order valence-corrected chi connectivity index (χ1v) is 12.1. The molecule has 0 aromatic rings. The molecule has 0 amide bonds. The van der Waals surface area contributed by atoms with Crippen molar-refractivity contribution in [1.29, 1.82) is 0 Å². The van der Waals surface area contributed by atoms with E-state index in [-0.39, 0.29) is 0 Å². The molecule has 4 aliphatic rings. The predicted molar refractivity (Wildman–Crippen MR) is 128 cm³/mol. The van der Waals surface area contributed by atoms with Crippen molar-refractivity contribution in [3.8, 4) is 0 Å². The van der Waals surface area contributed by atoms with E-state index in [0.717, 1.165) is 26.2 Å². The Balaban J connectivity index is 1.61. The second-order valence-electron chi connectivity index (χ2n) is 9.89. The van der Waals surface area contributed by atoms with Crippen molar-refractivity contribution in [3.63, 3.8) is 0 Å². The van der Waals surface area contributed by atoms with Crippen LogP contribution in [0.1, 0.15) is 51.4 Å². The van der Waals surface area contributed by atoms with Gasteiger partial charge in [0.05, 0.1) is 6.72 Å². The van der Waals surface area contributed by atoms with Crippen molar-refractivity contribution >= 4 is 6.72 Å². The third-order valence-corrected chi connectivity index (χ3v) is 7.94. The smallest absolute Gasteiger partial charge is 0.111 e. The molecule has 2 bridgehead atoms. The minimum Gasteiger partial charge on any atom is -0.454 e. The normalized spacial score (nSPS) is 35.7. The van der Waals surface area contributed by atoms with Gasteiger partial charge in [-0.2, -0.15) is 0 Å². The summed E-state index contributed by atoms with van der Waals surface area (Å²) in [6.45, 7) is 7.90. The average Bonchev–Trinajstić information content (AvgIpc) is 2.79. The molecule has 3 fully saturated rings. The number of hydrogen-bond donors (Lipinski definition) is 0. The van der Waals surface area contributed by atoms with E-state index in [9.17, 15) is 0 Å². The Labute approximate surface area is 191 Å². The van der Waals surface area contributed by atoms with E-state index in [2.05, 4.69) is 77.3 Å². The van der Waals surface area contributed by atoms with Crippen LogP contribution >= 0.6 is 0 Å². The third-order valence-electron chi connectivity index (χ3n) is 7.94. The molecule has 0 aromatic carbocycles. The molecule has 4 rings (SSSR count). The fourth-order valence-electron chi connectivity index (χ4n) is 6.04. The standard InChI is InChI=1S/C26H41N5/c1-27-17-18-28(2)24-14-7-9-16-26(24)30(4)20-22-12-10-11-21(31(22)5)19-29(3)25-15-8-6-13-23(25)27/h10-12,23-26H,1-9,13-20H2/q-4/t23-,24-,25-,26-/m0/s1. The SMILES string of the molecule is C=[N+]1C2=CC=C[C-]1CN([CH2-])[C@H]1CCCC[C@@H]1N([CH2-])CCN([CH2-])[C@H]1CCCC[C@@H]1N([CH2-])C2. The maximum absolute atomic E-state index is 4.48. The lowest BCUT2D eigenvalue weighted by molar-refractivity contribution is -0.451. The van der Waals surface area contributed by atoms with Crippen molar-refractivity contribution in [2.75, 3.05) is 26.2 Å². The maximum atomic E-state index is 4.48. The van der Waals surface area contributed by atoms with Gasteiger partial charge in [0.15, 0.2) is 0 Å². The summed E-state index contributed by atoms with van der Waals surface area (Å²) in [7, 11) is 17.9. The molecule has 0 radical (unpaired) electrons. The number of allylic oxidation sites excluding steroid dienone is 2. The lowest BCUT2D eigenvalue weighted by Gasteiger charge is -2.52. The highest BCUT2D eigenvalue weighted by Crippen LogP contribution is 2.31. The van der Waals surface area contributed by atoms with Gasteiger partial charge in [-0.3, -0.25) is 32.8 Å². The molecule has 2 heterocycles. The Morgan fingerprint density at radius 2 is 1.26 bits per heavy atom. The Morgan fingerprint density at radius 1 is 0.774 bits per heavy atom. The van der Waals surface area contributed by atoms with E-state index in [0.29, 0.717) is 24.2 Å². The van der Waals surface area contributed by atoms with E-state index < -0.39 is 0 Å². The van der Waals surface area contributed by atoms with Gasteiger partial charge in [0.2, 0.25) is 0 Å². The van der Waals surface area contributed by atoms with Crippen LogP contribution in [0.3, 0.4) is 0 Å². The summed E-state index contributed by atoms with van der Waals surface area (Å²) in [6, 6.07) is 2.93. The molecule has 31 heavy (non-hydrogen) atoms. The average molecular weight is 424 g/mol. The summed E-state index contributed by atoms with van der Waals surface area (Å²) in [5, 5.41) is 0. The molecular formula is C26H41N5-4. The van der Waals surface area contributed by atoms with E-state index in [1.807, 2.05) is 0 Å². The third kappa shape index (κ3) is 5.11. The monoisotopic (exact) mass is 423 g/mol. The number of rotatable bonds is 0. The minimum absolute atomic E-state index is 0.421. The predicted octanol–water partition coefficient (Wildman–Crippen LogP) is 3.70. The van der Waals surface area contributed by atoms with E-state index >= 15 is 0 Å². The zero-order chi connectivity index (χ0) is 22.0. The highest BCUT2D eigenvalue weighted by molar-refractivity contribution is 5.28. The maximum Gasteiger partial charge on any atom is 0.111 e. The number of nitrogens with zero attached hydrogens (tertiary/aromatic N) is 5. The molecule has 0 unspecified atom stereocenters. The van der Waals surface area contributed by atoms with Crippen LogP contribution < -0.4 is 0 Å². The Kier molecular flexibility index (Phi) is 7.58. The zero-order valence-electron chi connectivity index (χ0n) is 19.3. The van der Waals surface area contributed by atoms with Gasteiger partial charge in [0.25, 0.3) is 0 Å². The Bertz CT molecular complexity index is 685. The fraction of sp³-hybridized carbons (Fsp3) is 0.615. The summed E-state index contributed by atoms with van der Waals surface area (Å²) in [4.78, 5) is 9.22. The van der Waals surface area contributed by atoms with E-state index in [1.54, 1.807) is 0 Å².